The minimum Gasteiger partial charge on any atom is -0.593 e. The lowest BCUT2D eigenvalue weighted by Crippen LogP contribution is -2.53. The molecule has 0 fully saturated rings. The molecule has 11 nitrogen and oxygen atoms in total. The maximum absolute atomic E-state index is 13.6. The maximum atomic E-state index is 13.6. The molecule has 1 aliphatic heterocycles. The number of rotatable bonds is 9. The lowest BCUT2D eigenvalue weighted by molar-refractivity contribution is -0.139. The second-order valence-electron chi connectivity index (χ2n) is 7.98. The Morgan fingerprint density at radius 3 is 2.63 bits per heavy atom. The molecular formula is C23H26N4O7S. The number of carbonyl (C=O) groups excluding carboxylic acids is 4. The van der Waals surface area contributed by atoms with E-state index in [4.69, 9.17) is 5.11 Å². The molecule has 3 N–H and O–H groups in total. The van der Waals surface area contributed by atoms with E-state index in [1.807, 2.05) is 6.08 Å². The van der Waals surface area contributed by atoms with Crippen LogP contribution in [0, 0.1) is 0 Å². The first-order valence-electron chi connectivity index (χ1n) is 10.9. The van der Waals surface area contributed by atoms with Crippen molar-refractivity contribution in [3.63, 3.8) is 0 Å². The van der Waals surface area contributed by atoms with Gasteiger partial charge in [0, 0.05) is 5.56 Å². The van der Waals surface area contributed by atoms with Crippen LogP contribution in [0.4, 0.5) is 0 Å². The highest BCUT2D eigenvalue weighted by atomic mass is 32.2. The van der Waals surface area contributed by atoms with Crippen LogP contribution in [0.5, 0.6) is 0 Å². The number of carboxylic acids is 1. The molecule has 3 rings (SSSR count). The zero-order valence-electron chi connectivity index (χ0n) is 19.0. The molecule has 186 valence electrons. The van der Waals surface area contributed by atoms with Crippen molar-refractivity contribution >= 4 is 41.3 Å². The molecule has 1 aliphatic carbocycles. The largest absolute Gasteiger partial charge is 0.593 e. The van der Waals surface area contributed by atoms with Crippen LogP contribution in [0.25, 0.3) is 0 Å². The highest BCUT2D eigenvalue weighted by Gasteiger charge is 2.40. The summed E-state index contributed by atoms with van der Waals surface area (Å²) in [6, 6.07) is 5.90. The summed E-state index contributed by atoms with van der Waals surface area (Å²) in [5, 5.41) is 13.9. The van der Waals surface area contributed by atoms with Crippen molar-refractivity contribution < 1.29 is 33.6 Å². The molecule has 12 heteroatoms. The number of hydrogen-bond acceptors (Lipinski definition) is 7. The molecule has 1 aromatic rings. The highest BCUT2D eigenvalue weighted by Crippen LogP contribution is 2.30. The maximum Gasteiger partial charge on any atom is 0.305 e. The molecule has 0 saturated carbocycles. The number of carbonyl (C=O) groups is 5. The van der Waals surface area contributed by atoms with Crippen molar-refractivity contribution in [1.29, 1.82) is 0 Å². The third-order valence-electron chi connectivity index (χ3n) is 5.48. The average molecular weight is 503 g/mol. The minimum absolute atomic E-state index is 0.0682. The van der Waals surface area contributed by atoms with Gasteiger partial charge in [0.05, 0.1) is 41.8 Å². The van der Waals surface area contributed by atoms with E-state index in [1.54, 1.807) is 36.4 Å². The first-order valence-corrected chi connectivity index (χ1v) is 12.4. The molecule has 0 bridgehead atoms. The van der Waals surface area contributed by atoms with Gasteiger partial charge in [0.25, 0.3) is 11.8 Å². The Morgan fingerprint density at radius 2 is 2.00 bits per heavy atom. The van der Waals surface area contributed by atoms with E-state index >= 15 is 0 Å². The predicted octanol–water partition coefficient (Wildman–Crippen LogP) is -0.0573. The van der Waals surface area contributed by atoms with Crippen LogP contribution in [0.3, 0.4) is 0 Å². The van der Waals surface area contributed by atoms with Gasteiger partial charge in [-0.3, -0.25) is 24.1 Å². The van der Waals surface area contributed by atoms with Gasteiger partial charge < -0.3 is 25.1 Å². The van der Waals surface area contributed by atoms with Gasteiger partial charge in [0.1, 0.15) is 25.1 Å². The van der Waals surface area contributed by atoms with E-state index in [-0.39, 0.29) is 6.54 Å². The third kappa shape index (κ3) is 6.49. The molecule has 0 radical (unpaired) electrons. The monoisotopic (exact) mass is 502 g/mol. The number of amides is 3. The Bertz CT molecular complexity index is 1060. The average Bonchev–Trinajstić information content (AvgIpc) is 2.94. The van der Waals surface area contributed by atoms with Crippen molar-refractivity contribution in [2.45, 2.75) is 31.3 Å². The summed E-state index contributed by atoms with van der Waals surface area (Å²) in [5.41, 5.74) is 1.28. The first kappa shape index (κ1) is 26.0. The van der Waals surface area contributed by atoms with Gasteiger partial charge in [-0.05, 0) is 31.1 Å². The number of aldehydes is 1. The van der Waals surface area contributed by atoms with Gasteiger partial charge >= 0.3 is 5.97 Å². The summed E-state index contributed by atoms with van der Waals surface area (Å²) in [6.07, 6.45) is 5.74. The zero-order valence-corrected chi connectivity index (χ0v) is 19.8. The Morgan fingerprint density at radius 1 is 1.29 bits per heavy atom. The van der Waals surface area contributed by atoms with E-state index in [0.717, 1.165) is 0 Å². The van der Waals surface area contributed by atoms with Crippen molar-refractivity contribution in [2.24, 2.45) is 0 Å². The third-order valence-corrected chi connectivity index (χ3v) is 6.47. The first-order chi connectivity index (χ1) is 16.7. The smallest absolute Gasteiger partial charge is 0.305 e. The van der Waals surface area contributed by atoms with Crippen LogP contribution < -0.4 is 10.6 Å². The fraction of sp³-hybridized carbons (Fsp3) is 0.348. The SMILES string of the molecule is C[S+]([O-])N1C[C@H](NC(=O)c2ccccc2)C(=O)N(CC(=O)N[C@H](C=O)CC(=O)O)C2=C1CCC=C2. The Labute approximate surface area is 205 Å². The molecule has 3 amide bonds. The second kappa shape index (κ2) is 11.7. The van der Waals surface area contributed by atoms with Crippen molar-refractivity contribution in [3.8, 4) is 0 Å². The van der Waals surface area contributed by atoms with E-state index in [2.05, 4.69) is 10.6 Å². The van der Waals surface area contributed by atoms with E-state index in [1.165, 1.54) is 15.5 Å². The molecule has 35 heavy (non-hydrogen) atoms. The number of hydrogen-bond donors (Lipinski definition) is 3. The number of nitrogens with one attached hydrogen (secondary N) is 2. The molecule has 2 aliphatic rings. The number of nitrogens with zero attached hydrogens (tertiary/aromatic N) is 2. The van der Waals surface area contributed by atoms with Crippen molar-refractivity contribution in [3.05, 3.63) is 59.4 Å². The van der Waals surface area contributed by atoms with Crippen LogP contribution in [0.15, 0.2) is 53.9 Å². The molecule has 0 spiro atoms. The van der Waals surface area contributed by atoms with Crippen LogP contribution in [-0.2, 0) is 30.5 Å². The second-order valence-corrected chi connectivity index (χ2v) is 9.27. The van der Waals surface area contributed by atoms with Crippen molar-refractivity contribution in [1.82, 2.24) is 19.8 Å². The summed E-state index contributed by atoms with van der Waals surface area (Å²) >= 11 is -1.52. The van der Waals surface area contributed by atoms with Crippen LogP contribution in [0.2, 0.25) is 0 Å². The molecule has 3 atom stereocenters. The number of benzene rings is 1. The molecule has 1 heterocycles. The van der Waals surface area contributed by atoms with Gasteiger partial charge in [-0.25, -0.2) is 0 Å². The fourth-order valence-corrected chi connectivity index (χ4v) is 4.73. The van der Waals surface area contributed by atoms with Gasteiger partial charge in [0.2, 0.25) is 5.91 Å². The quantitative estimate of drug-likeness (QED) is 0.313. The summed E-state index contributed by atoms with van der Waals surface area (Å²) in [7, 11) is 0. The highest BCUT2D eigenvalue weighted by molar-refractivity contribution is 7.88. The van der Waals surface area contributed by atoms with Gasteiger partial charge in [-0.15, -0.1) is 0 Å². The lowest BCUT2D eigenvalue weighted by Gasteiger charge is -2.29. The molecular weight excluding hydrogens is 476 g/mol. The van der Waals surface area contributed by atoms with E-state index < -0.39 is 60.1 Å². The summed E-state index contributed by atoms with van der Waals surface area (Å²) < 4.78 is 14.1. The van der Waals surface area contributed by atoms with Gasteiger partial charge in [0.15, 0.2) is 0 Å². The number of carboxylic acid groups (broad SMARTS) is 1. The number of allylic oxidation sites excluding steroid dienone is 3. The van der Waals surface area contributed by atoms with Crippen LogP contribution in [0.1, 0.15) is 29.6 Å². The van der Waals surface area contributed by atoms with Crippen molar-refractivity contribution in [2.75, 3.05) is 19.3 Å². The Balaban J connectivity index is 1.91. The van der Waals surface area contributed by atoms with Gasteiger partial charge in [-0.2, -0.15) is 4.31 Å². The minimum atomic E-state index is -1.52. The Hall–Kier alpha value is -3.64. The zero-order chi connectivity index (χ0) is 25.5. The topological polar surface area (TPSA) is 159 Å². The summed E-state index contributed by atoms with van der Waals surface area (Å²) in [4.78, 5) is 62.3. The molecule has 1 unspecified atom stereocenters. The van der Waals surface area contributed by atoms with E-state index in [0.29, 0.717) is 36.1 Å². The van der Waals surface area contributed by atoms with E-state index in [9.17, 15) is 28.5 Å². The summed E-state index contributed by atoms with van der Waals surface area (Å²) in [6.45, 7) is -0.588. The standard InChI is InChI=1S/C23H26N4O7S/c1-35(34)27-12-17(25-22(32)15-7-3-2-4-8-15)23(33)26(18-9-5-6-10-19(18)27)13-20(29)24-16(14-28)11-21(30)31/h2-5,7-9,14,16-17H,6,10-13H2,1H3,(H,24,29)(H,25,32)(H,30,31)/t16-,17-,35?/m0/s1. The number of aliphatic carboxylic acids is 1. The summed E-state index contributed by atoms with van der Waals surface area (Å²) in [5.74, 6) is -3.12. The molecule has 0 aromatic heterocycles. The lowest BCUT2D eigenvalue weighted by atomic mass is 10.1. The molecule has 1 aromatic carbocycles. The molecule has 0 saturated heterocycles. The van der Waals surface area contributed by atoms with Crippen LogP contribution >= 0.6 is 0 Å². The van der Waals surface area contributed by atoms with Gasteiger partial charge in [-0.1, -0.05) is 24.3 Å². The predicted molar refractivity (Wildman–Crippen MR) is 126 cm³/mol. The normalized spacial score (nSPS) is 19.4. The fourth-order valence-electron chi connectivity index (χ4n) is 3.88. The Kier molecular flexibility index (Phi) is 8.66. The van der Waals surface area contributed by atoms with Crippen LogP contribution in [-0.4, -0.2) is 80.3 Å².